The fraction of sp³-hybridized carbons (Fsp3) is 0.250. The van der Waals surface area contributed by atoms with Crippen LogP contribution in [0.25, 0.3) is 0 Å². The summed E-state index contributed by atoms with van der Waals surface area (Å²) in [6.45, 7) is 3.03. The molecule has 0 amide bonds. The average Bonchev–Trinajstić information content (AvgIpc) is 2.85. The smallest absolute Gasteiger partial charge is 0.271 e. The van der Waals surface area contributed by atoms with Crippen molar-refractivity contribution < 1.29 is 9.31 Å². The highest BCUT2D eigenvalue weighted by atomic mass is 19.1. The number of nitrogens with zero attached hydrogens (tertiary/aromatic N) is 3. The Morgan fingerprint density at radius 2 is 2.32 bits per heavy atom. The van der Waals surface area contributed by atoms with Gasteiger partial charge in [0.25, 0.3) is 5.69 Å². The largest absolute Gasteiger partial charge is 0.375 e. The number of non-ortho nitro benzene ring substituents is 1. The van der Waals surface area contributed by atoms with Crippen molar-refractivity contribution in [2.75, 3.05) is 5.32 Å². The molecule has 0 fully saturated rings. The van der Waals surface area contributed by atoms with Crippen molar-refractivity contribution in [2.45, 2.75) is 20.0 Å². The van der Waals surface area contributed by atoms with Gasteiger partial charge >= 0.3 is 0 Å². The Labute approximate surface area is 109 Å². The van der Waals surface area contributed by atoms with E-state index in [1.807, 2.05) is 17.7 Å². The number of benzene rings is 1. The zero-order chi connectivity index (χ0) is 13.8. The van der Waals surface area contributed by atoms with Gasteiger partial charge in [-0.3, -0.25) is 10.1 Å². The Morgan fingerprint density at radius 3 is 3.00 bits per heavy atom. The molecule has 2 rings (SSSR count). The van der Waals surface area contributed by atoms with Gasteiger partial charge in [-0.15, -0.1) is 0 Å². The molecule has 1 aromatic heterocycles. The number of imidazole rings is 1. The van der Waals surface area contributed by atoms with E-state index in [2.05, 4.69) is 10.3 Å². The predicted molar refractivity (Wildman–Crippen MR) is 68.3 cm³/mol. The van der Waals surface area contributed by atoms with Crippen molar-refractivity contribution in [1.82, 2.24) is 9.55 Å². The van der Waals surface area contributed by atoms with Gasteiger partial charge < -0.3 is 9.88 Å². The maximum Gasteiger partial charge on any atom is 0.271 e. The van der Waals surface area contributed by atoms with E-state index in [0.29, 0.717) is 6.54 Å². The minimum absolute atomic E-state index is 0.0971. The van der Waals surface area contributed by atoms with Crippen molar-refractivity contribution in [2.24, 2.45) is 0 Å². The van der Waals surface area contributed by atoms with E-state index in [1.54, 1.807) is 6.20 Å². The maximum absolute atomic E-state index is 13.5. The zero-order valence-electron chi connectivity index (χ0n) is 10.3. The molecule has 0 unspecified atom stereocenters. The lowest BCUT2D eigenvalue weighted by Gasteiger charge is -2.08. The van der Waals surface area contributed by atoms with Crippen LogP contribution in [0.1, 0.15) is 12.7 Å². The average molecular weight is 264 g/mol. The summed E-state index contributed by atoms with van der Waals surface area (Å²) >= 11 is 0. The molecule has 1 N–H and O–H groups in total. The van der Waals surface area contributed by atoms with Crippen molar-refractivity contribution in [1.29, 1.82) is 0 Å². The third-order valence-electron chi connectivity index (χ3n) is 2.74. The van der Waals surface area contributed by atoms with Crippen LogP contribution in [0.3, 0.4) is 0 Å². The van der Waals surface area contributed by atoms with Crippen LogP contribution < -0.4 is 5.32 Å². The van der Waals surface area contributed by atoms with E-state index in [9.17, 15) is 14.5 Å². The van der Waals surface area contributed by atoms with E-state index in [-0.39, 0.29) is 11.4 Å². The van der Waals surface area contributed by atoms with Crippen LogP contribution in [0.2, 0.25) is 0 Å². The number of hydrogen-bond donors (Lipinski definition) is 1. The van der Waals surface area contributed by atoms with Crippen molar-refractivity contribution in [3.63, 3.8) is 0 Å². The van der Waals surface area contributed by atoms with E-state index in [1.165, 1.54) is 6.07 Å². The molecule has 6 nitrogen and oxygen atoms in total. The van der Waals surface area contributed by atoms with Crippen LogP contribution >= 0.6 is 0 Å². The van der Waals surface area contributed by atoms with E-state index in [4.69, 9.17) is 0 Å². The minimum Gasteiger partial charge on any atom is -0.375 e. The third kappa shape index (κ3) is 2.87. The number of nitro benzene ring substituents is 1. The monoisotopic (exact) mass is 264 g/mol. The first-order chi connectivity index (χ1) is 9.11. The van der Waals surface area contributed by atoms with Crippen LogP contribution in [0, 0.1) is 15.9 Å². The number of anilines is 1. The van der Waals surface area contributed by atoms with Gasteiger partial charge in [0.15, 0.2) is 0 Å². The summed E-state index contributed by atoms with van der Waals surface area (Å²) in [4.78, 5) is 14.2. The summed E-state index contributed by atoms with van der Waals surface area (Å²) < 4.78 is 15.4. The SMILES string of the molecule is CCn1ccnc1CNc1cc([N+](=O)[O-])ccc1F. The Bertz CT molecular complexity index is 597. The number of hydrogen-bond acceptors (Lipinski definition) is 4. The molecule has 0 radical (unpaired) electrons. The molecule has 0 aliphatic carbocycles. The second kappa shape index (κ2) is 5.47. The fourth-order valence-corrected chi connectivity index (χ4v) is 1.73. The first-order valence-electron chi connectivity index (χ1n) is 5.79. The molecule has 0 aliphatic rings. The van der Waals surface area contributed by atoms with Gasteiger partial charge in [0.1, 0.15) is 11.6 Å². The van der Waals surface area contributed by atoms with E-state index in [0.717, 1.165) is 24.5 Å². The summed E-state index contributed by atoms with van der Waals surface area (Å²) in [7, 11) is 0. The van der Waals surface area contributed by atoms with E-state index >= 15 is 0 Å². The lowest BCUT2D eigenvalue weighted by molar-refractivity contribution is -0.384. The molecule has 0 spiro atoms. The van der Waals surface area contributed by atoms with Crippen molar-refractivity contribution in [3.8, 4) is 0 Å². The van der Waals surface area contributed by atoms with Crippen molar-refractivity contribution in [3.05, 3.63) is 52.3 Å². The normalized spacial score (nSPS) is 10.4. The van der Waals surface area contributed by atoms with Gasteiger partial charge in [-0.25, -0.2) is 9.37 Å². The number of rotatable bonds is 5. The van der Waals surface area contributed by atoms with Gasteiger partial charge in [-0.05, 0) is 13.0 Å². The van der Waals surface area contributed by atoms with Crippen LogP contribution in [0.4, 0.5) is 15.8 Å². The molecule has 0 saturated heterocycles. The van der Waals surface area contributed by atoms with Gasteiger partial charge in [0, 0.05) is 31.1 Å². The Morgan fingerprint density at radius 1 is 1.53 bits per heavy atom. The summed E-state index contributed by atoms with van der Waals surface area (Å²) in [6, 6.07) is 3.38. The summed E-state index contributed by atoms with van der Waals surface area (Å²) in [5.41, 5.74) is -0.0532. The fourth-order valence-electron chi connectivity index (χ4n) is 1.73. The lowest BCUT2D eigenvalue weighted by atomic mass is 10.2. The molecular formula is C12H13FN4O2. The molecule has 0 bridgehead atoms. The number of halogens is 1. The molecule has 0 saturated carbocycles. The summed E-state index contributed by atoms with van der Waals surface area (Å²) in [5.74, 6) is 0.216. The predicted octanol–water partition coefficient (Wildman–Crippen LogP) is 2.56. The first kappa shape index (κ1) is 13.0. The number of aromatic nitrogens is 2. The first-order valence-corrected chi connectivity index (χ1v) is 5.79. The zero-order valence-corrected chi connectivity index (χ0v) is 10.3. The second-order valence-corrected chi connectivity index (χ2v) is 3.90. The Kier molecular flexibility index (Phi) is 3.74. The standard InChI is InChI=1S/C12H13FN4O2/c1-2-16-6-5-14-12(16)8-15-11-7-9(17(18)19)3-4-10(11)13/h3-7,15H,2,8H2,1H3. The highest BCUT2D eigenvalue weighted by Crippen LogP contribution is 2.21. The molecular weight excluding hydrogens is 251 g/mol. The maximum atomic E-state index is 13.5. The Balaban J connectivity index is 2.15. The van der Waals surface area contributed by atoms with Gasteiger partial charge in [-0.1, -0.05) is 0 Å². The second-order valence-electron chi connectivity index (χ2n) is 3.90. The van der Waals surface area contributed by atoms with Crippen LogP contribution in [0.5, 0.6) is 0 Å². The molecule has 2 aromatic rings. The molecule has 1 heterocycles. The van der Waals surface area contributed by atoms with Crippen LogP contribution in [0.15, 0.2) is 30.6 Å². The molecule has 19 heavy (non-hydrogen) atoms. The highest BCUT2D eigenvalue weighted by Gasteiger charge is 2.11. The summed E-state index contributed by atoms with van der Waals surface area (Å²) in [6.07, 6.45) is 3.48. The number of nitrogens with one attached hydrogen (secondary N) is 1. The van der Waals surface area contributed by atoms with Crippen molar-refractivity contribution >= 4 is 11.4 Å². The van der Waals surface area contributed by atoms with Gasteiger partial charge in [-0.2, -0.15) is 0 Å². The lowest BCUT2D eigenvalue weighted by Crippen LogP contribution is -2.08. The molecule has 100 valence electrons. The summed E-state index contributed by atoms with van der Waals surface area (Å²) in [5, 5.41) is 13.5. The van der Waals surface area contributed by atoms with E-state index < -0.39 is 10.7 Å². The molecule has 0 atom stereocenters. The number of aryl methyl sites for hydroxylation is 1. The third-order valence-corrected chi connectivity index (χ3v) is 2.74. The molecule has 7 heteroatoms. The molecule has 1 aromatic carbocycles. The van der Waals surface area contributed by atoms with Crippen LogP contribution in [-0.4, -0.2) is 14.5 Å². The van der Waals surface area contributed by atoms with Gasteiger partial charge in [0.05, 0.1) is 17.2 Å². The van der Waals surface area contributed by atoms with Crippen LogP contribution in [-0.2, 0) is 13.1 Å². The minimum atomic E-state index is -0.558. The molecule has 0 aliphatic heterocycles. The highest BCUT2D eigenvalue weighted by molar-refractivity contribution is 5.52. The quantitative estimate of drug-likeness (QED) is 0.665. The Hall–Kier alpha value is -2.44. The topological polar surface area (TPSA) is 73.0 Å². The number of nitro groups is 1. The van der Waals surface area contributed by atoms with Gasteiger partial charge in [0.2, 0.25) is 0 Å².